The summed E-state index contributed by atoms with van der Waals surface area (Å²) in [7, 11) is 0. The number of hydrogen-bond acceptors (Lipinski definition) is 4. The summed E-state index contributed by atoms with van der Waals surface area (Å²) in [6, 6.07) is -0.486. The first-order valence-corrected chi connectivity index (χ1v) is 9.20. The quantitative estimate of drug-likeness (QED) is 0.799. The fourth-order valence-corrected chi connectivity index (χ4v) is 3.89. The van der Waals surface area contributed by atoms with Crippen molar-refractivity contribution in [3.05, 3.63) is 32.6 Å². The van der Waals surface area contributed by atoms with Gasteiger partial charge in [-0.3, -0.25) is 24.0 Å². The predicted octanol–water partition coefficient (Wildman–Crippen LogP) is 1.32. The number of carbonyl (C=O) groups is 2. The van der Waals surface area contributed by atoms with Gasteiger partial charge in [-0.1, -0.05) is 13.3 Å². The zero-order valence-electron chi connectivity index (χ0n) is 15.5. The van der Waals surface area contributed by atoms with Crippen LogP contribution in [0.1, 0.15) is 51.6 Å². The van der Waals surface area contributed by atoms with Gasteiger partial charge in [-0.2, -0.15) is 0 Å². The second-order valence-electron chi connectivity index (χ2n) is 7.84. The fourth-order valence-electron chi connectivity index (χ4n) is 3.89. The molecule has 8 heteroatoms. The molecule has 26 heavy (non-hydrogen) atoms. The zero-order valence-corrected chi connectivity index (χ0v) is 15.5. The van der Waals surface area contributed by atoms with E-state index in [-0.39, 0.29) is 36.6 Å². The van der Waals surface area contributed by atoms with Crippen molar-refractivity contribution in [3.63, 3.8) is 0 Å². The van der Waals surface area contributed by atoms with Crippen molar-refractivity contribution in [1.29, 1.82) is 0 Å². The maximum Gasteiger partial charge on any atom is 0.328 e. The number of aromatic amines is 1. The summed E-state index contributed by atoms with van der Waals surface area (Å²) >= 11 is 0. The molecular formula is C18H26N4O4. The maximum absolute atomic E-state index is 12.6. The van der Waals surface area contributed by atoms with Gasteiger partial charge >= 0.3 is 11.7 Å². The molecule has 2 aliphatic rings. The molecular weight excluding hydrogens is 336 g/mol. The van der Waals surface area contributed by atoms with Gasteiger partial charge in [-0.05, 0) is 38.5 Å². The minimum Gasteiger partial charge on any atom is -0.315 e. The zero-order chi connectivity index (χ0) is 19.0. The number of amides is 3. The Morgan fingerprint density at radius 3 is 2.54 bits per heavy atom. The Labute approximate surface area is 151 Å². The van der Waals surface area contributed by atoms with Gasteiger partial charge in [-0.15, -0.1) is 0 Å². The van der Waals surface area contributed by atoms with E-state index in [9.17, 15) is 19.2 Å². The van der Waals surface area contributed by atoms with Crippen molar-refractivity contribution >= 4 is 11.9 Å². The van der Waals surface area contributed by atoms with Crippen molar-refractivity contribution in [2.45, 2.75) is 52.6 Å². The molecule has 3 amide bonds. The van der Waals surface area contributed by atoms with Crippen LogP contribution in [0.2, 0.25) is 0 Å². The lowest BCUT2D eigenvalue weighted by Gasteiger charge is -2.20. The molecule has 1 saturated heterocycles. The van der Waals surface area contributed by atoms with Crippen LogP contribution in [0.4, 0.5) is 4.79 Å². The minimum absolute atomic E-state index is 0.0610. The van der Waals surface area contributed by atoms with E-state index in [2.05, 4.69) is 11.9 Å². The number of H-pyrrole nitrogens is 1. The molecule has 1 N–H and O–H groups in total. The molecule has 0 radical (unpaired) electrons. The SMILES string of the molecule is CC1CCC(CN2CC(=O)N(Cc3cn(C(C)C)c(=O)[nH]c3=O)C2=O)C1. The molecule has 0 spiro atoms. The second kappa shape index (κ2) is 7.09. The van der Waals surface area contributed by atoms with E-state index in [1.165, 1.54) is 10.8 Å². The lowest BCUT2D eigenvalue weighted by Crippen LogP contribution is -2.38. The normalized spacial score (nSPS) is 23.5. The molecule has 2 atom stereocenters. The van der Waals surface area contributed by atoms with E-state index in [1.807, 2.05) is 13.8 Å². The first-order valence-electron chi connectivity index (χ1n) is 9.20. The van der Waals surface area contributed by atoms with E-state index in [0.717, 1.165) is 24.2 Å². The van der Waals surface area contributed by atoms with Gasteiger partial charge in [0.15, 0.2) is 0 Å². The fraction of sp³-hybridized carbons (Fsp3) is 0.667. The molecule has 2 heterocycles. The second-order valence-corrected chi connectivity index (χ2v) is 7.84. The Kier molecular flexibility index (Phi) is 5.02. The first-order chi connectivity index (χ1) is 12.3. The van der Waals surface area contributed by atoms with Gasteiger partial charge < -0.3 is 4.90 Å². The molecule has 0 aromatic carbocycles. The molecule has 1 aliphatic heterocycles. The van der Waals surface area contributed by atoms with Crippen LogP contribution in [0.5, 0.6) is 0 Å². The average Bonchev–Trinajstić information content (AvgIpc) is 3.07. The molecule has 8 nitrogen and oxygen atoms in total. The molecule has 142 valence electrons. The minimum atomic E-state index is -0.560. The van der Waals surface area contributed by atoms with E-state index < -0.39 is 11.2 Å². The molecule has 1 aromatic rings. The third-order valence-corrected chi connectivity index (χ3v) is 5.34. The van der Waals surface area contributed by atoms with Crippen LogP contribution >= 0.6 is 0 Å². The van der Waals surface area contributed by atoms with Gasteiger partial charge in [0.1, 0.15) is 6.54 Å². The number of hydrogen-bond donors (Lipinski definition) is 1. The smallest absolute Gasteiger partial charge is 0.315 e. The van der Waals surface area contributed by atoms with Gasteiger partial charge in [0.25, 0.3) is 11.5 Å². The largest absolute Gasteiger partial charge is 0.328 e. The lowest BCUT2D eigenvalue weighted by atomic mass is 10.1. The number of nitrogens with zero attached hydrogens (tertiary/aromatic N) is 3. The van der Waals surface area contributed by atoms with E-state index >= 15 is 0 Å². The molecule has 2 unspecified atom stereocenters. The number of carbonyl (C=O) groups excluding carboxylic acids is 2. The summed E-state index contributed by atoms with van der Waals surface area (Å²) in [5.74, 6) is 0.802. The molecule has 1 saturated carbocycles. The highest BCUT2D eigenvalue weighted by Crippen LogP contribution is 2.31. The van der Waals surface area contributed by atoms with Crippen molar-refractivity contribution in [2.24, 2.45) is 11.8 Å². The summed E-state index contributed by atoms with van der Waals surface area (Å²) in [5, 5.41) is 0. The number of aromatic nitrogens is 2. The summed E-state index contributed by atoms with van der Waals surface area (Å²) in [6.07, 6.45) is 4.76. The van der Waals surface area contributed by atoms with Crippen LogP contribution in [0.15, 0.2) is 15.8 Å². The van der Waals surface area contributed by atoms with Crippen molar-refractivity contribution in [1.82, 2.24) is 19.4 Å². The lowest BCUT2D eigenvalue weighted by molar-refractivity contribution is -0.125. The number of rotatable bonds is 5. The van der Waals surface area contributed by atoms with Gasteiger partial charge in [0, 0.05) is 18.8 Å². The Hall–Kier alpha value is -2.38. The summed E-state index contributed by atoms with van der Waals surface area (Å²) in [6.45, 7) is 6.38. The molecule has 2 fully saturated rings. The Balaban J connectivity index is 1.75. The Bertz CT molecular complexity index is 825. The van der Waals surface area contributed by atoms with Crippen LogP contribution in [0.25, 0.3) is 0 Å². The molecule has 1 aromatic heterocycles. The standard InChI is InChI=1S/C18H26N4O4/c1-11(2)21-8-14(16(24)19-17(21)25)9-22-15(23)10-20(18(22)26)7-13-5-4-12(3)6-13/h8,11-13H,4-7,9-10H2,1-3H3,(H,19,24,25). The van der Waals surface area contributed by atoms with Gasteiger partial charge in [-0.25, -0.2) is 9.59 Å². The summed E-state index contributed by atoms with van der Waals surface area (Å²) in [5.41, 5.74) is -0.822. The van der Waals surface area contributed by atoms with Crippen molar-refractivity contribution in [3.8, 4) is 0 Å². The average molecular weight is 362 g/mol. The van der Waals surface area contributed by atoms with Crippen molar-refractivity contribution < 1.29 is 9.59 Å². The summed E-state index contributed by atoms with van der Waals surface area (Å²) < 4.78 is 1.39. The third kappa shape index (κ3) is 3.59. The van der Waals surface area contributed by atoms with Gasteiger partial charge in [0.05, 0.1) is 12.1 Å². The monoisotopic (exact) mass is 362 g/mol. The topological polar surface area (TPSA) is 95.5 Å². The molecule has 0 bridgehead atoms. The Morgan fingerprint density at radius 2 is 1.92 bits per heavy atom. The summed E-state index contributed by atoms with van der Waals surface area (Å²) in [4.78, 5) is 53.8. The number of imide groups is 1. The maximum atomic E-state index is 12.6. The highest BCUT2D eigenvalue weighted by atomic mass is 16.2. The number of urea groups is 1. The first kappa shape index (κ1) is 18.4. The van der Waals surface area contributed by atoms with E-state index in [4.69, 9.17) is 0 Å². The molecule has 3 rings (SSSR count). The highest BCUT2D eigenvalue weighted by molar-refractivity contribution is 6.01. The third-order valence-electron chi connectivity index (χ3n) is 5.34. The van der Waals surface area contributed by atoms with E-state index in [1.54, 1.807) is 4.90 Å². The highest BCUT2D eigenvalue weighted by Gasteiger charge is 2.38. The van der Waals surface area contributed by atoms with Crippen LogP contribution < -0.4 is 11.2 Å². The van der Waals surface area contributed by atoms with Crippen molar-refractivity contribution in [2.75, 3.05) is 13.1 Å². The Morgan fingerprint density at radius 1 is 1.19 bits per heavy atom. The predicted molar refractivity (Wildman–Crippen MR) is 95.7 cm³/mol. The van der Waals surface area contributed by atoms with E-state index in [0.29, 0.717) is 18.4 Å². The molecule has 1 aliphatic carbocycles. The van der Waals surface area contributed by atoms with Crippen LogP contribution in [-0.2, 0) is 11.3 Å². The number of nitrogens with one attached hydrogen (secondary N) is 1. The van der Waals surface area contributed by atoms with Crippen LogP contribution in [-0.4, -0.2) is 44.4 Å². The van der Waals surface area contributed by atoms with Crippen LogP contribution in [0, 0.1) is 11.8 Å². The van der Waals surface area contributed by atoms with Crippen LogP contribution in [0.3, 0.4) is 0 Å². The van der Waals surface area contributed by atoms with Gasteiger partial charge in [0.2, 0.25) is 0 Å².